The molecule has 26 heavy (non-hydrogen) atoms. The quantitative estimate of drug-likeness (QED) is 0.536. The molecule has 0 unspecified atom stereocenters. The third-order valence-corrected chi connectivity index (χ3v) is 5.99. The van der Waals surface area contributed by atoms with Gasteiger partial charge in [0.05, 0.1) is 5.41 Å². The minimum atomic E-state index is -0.259. The Kier molecular flexibility index (Phi) is 8.19. The van der Waals surface area contributed by atoms with Crippen molar-refractivity contribution in [1.82, 2.24) is 20.4 Å². The lowest BCUT2D eigenvalue weighted by atomic mass is 9.84. The van der Waals surface area contributed by atoms with Crippen LogP contribution in [0.2, 0.25) is 0 Å². The van der Waals surface area contributed by atoms with Crippen molar-refractivity contribution in [2.75, 3.05) is 47.3 Å². The molecule has 2 rings (SSSR count). The monoisotopic (exact) mass is 365 g/mol. The van der Waals surface area contributed by atoms with Gasteiger partial charge < -0.3 is 20.4 Å². The normalized spacial score (nSPS) is 21.6. The van der Waals surface area contributed by atoms with Crippen LogP contribution in [0.25, 0.3) is 0 Å². The Hall–Kier alpha value is -1.30. The molecule has 1 saturated heterocycles. The molecule has 2 fully saturated rings. The van der Waals surface area contributed by atoms with Crippen LogP contribution < -0.4 is 10.6 Å². The first-order chi connectivity index (χ1) is 12.5. The molecule has 0 aromatic carbocycles. The largest absolute Gasteiger partial charge is 0.355 e. The second kappa shape index (κ2) is 10.1. The zero-order chi connectivity index (χ0) is 19.0. The highest BCUT2D eigenvalue weighted by Crippen LogP contribution is 2.38. The molecule has 6 heteroatoms. The zero-order valence-electron chi connectivity index (χ0n) is 17.3. The van der Waals surface area contributed by atoms with Crippen molar-refractivity contribution >= 4 is 11.9 Å². The third-order valence-electron chi connectivity index (χ3n) is 5.99. The summed E-state index contributed by atoms with van der Waals surface area (Å²) in [5, 5.41) is 7.04. The maximum Gasteiger partial charge on any atom is 0.230 e. The Labute approximate surface area is 159 Å². The van der Waals surface area contributed by atoms with Gasteiger partial charge in [-0.1, -0.05) is 26.2 Å². The minimum absolute atomic E-state index is 0.252. The van der Waals surface area contributed by atoms with Crippen molar-refractivity contribution in [3.63, 3.8) is 0 Å². The summed E-state index contributed by atoms with van der Waals surface area (Å²) in [5.74, 6) is 1.09. The van der Waals surface area contributed by atoms with Gasteiger partial charge in [0, 0.05) is 46.8 Å². The fraction of sp³-hybridized carbons (Fsp3) is 0.900. The Morgan fingerprint density at radius 1 is 1.23 bits per heavy atom. The fourth-order valence-electron chi connectivity index (χ4n) is 4.32. The van der Waals surface area contributed by atoms with Crippen molar-refractivity contribution in [2.45, 2.75) is 64.3 Å². The van der Waals surface area contributed by atoms with Gasteiger partial charge in [0.25, 0.3) is 0 Å². The lowest BCUT2D eigenvalue weighted by molar-refractivity contribution is -0.138. The first kappa shape index (κ1) is 21.0. The Bertz CT molecular complexity index is 463. The maximum absolute atomic E-state index is 12.7. The summed E-state index contributed by atoms with van der Waals surface area (Å²) >= 11 is 0. The summed E-state index contributed by atoms with van der Waals surface area (Å²) in [4.78, 5) is 21.4. The van der Waals surface area contributed by atoms with E-state index in [0.717, 1.165) is 57.6 Å². The van der Waals surface area contributed by atoms with Crippen LogP contribution in [0.1, 0.15) is 58.3 Å². The molecule has 2 N–H and O–H groups in total. The summed E-state index contributed by atoms with van der Waals surface area (Å²) in [6.45, 7) is 6.49. The number of carbonyl (C=O) groups excluding carboxylic acids is 1. The van der Waals surface area contributed by atoms with Crippen molar-refractivity contribution in [3.05, 3.63) is 0 Å². The van der Waals surface area contributed by atoms with E-state index in [0.29, 0.717) is 12.6 Å². The first-order valence-corrected chi connectivity index (χ1v) is 10.4. The van der Waals surface area contributed by atoms with Crippen molar-refractivity contribution in [3.8, 4) is 0 Å². The molecule has 0 spiro atoms. The number of unbranched alkanes of at least 4 members (excludes halogenated alkanes) is 1. The van der Waals surface area contributed by atoms with E-state index in [-0.39, 0.29) is 11.3 Å². The van der Waals surface area contributed by atoms with Crippen LogP contribution in [0.15, 0.2) is 4.99 Å². The number of piperidine rings is 1. The maximum atomic E-state index is 12.7. The Morgan fingerprint density at radius 3 is 2.42 bits per heavy atom. The third kappa shape index (κ3) is 5.60. The molecule has 0 atom stereocenters. The number of guanidine groups is 1. The molecule has 0 aromatic rings. The average Bonchev–Trinajstić information content (AvgIpc) is 3.13. The number of amides is 1. The molecule has 1 aliphatic heterocycles. The van der Waals surface area contributed by atoms with E-state index in [1.165, 1.54) is 19.4 Å². The van der Waals surface area contributed by atoms with Gasteiger partial charge in [0.2, 0.25) is 5.91 Å². The zero-order valence-corrected chi connectivity index (χ0v) is 17.3. The summed E-state index contributed by atoms with van der Waals surface area (Å²) in [6, 6.07) is 0.475. The summed E-state index contributed by atoms with van der Waals surface area (Å²) in [6.07, 6.45) is 9.12. The van der Waals surface area contributed by atoms with E-state index < -0.39 is 0 Å². The SMILES string of the molecule is CCCCN1CCC(NC(=NC)NCC2(C(=O)N(C)C)CCCC2)CC1. The summed E-state index contributed by atoms with van der Waals surface area (Å²) < 4.78 is 0. The highest BCUT2D eigenvalue weighted by atomic mass is 16.2. The number of hydrogen-bond acceptors (Lipinski definition) is 3. The number of nitrogens with one attached hydrogen (secondary N) is 2. The molecule has 2 aliphatic rings. The lowest BCUT2D eigenvalue weighted by Crippen LogP contribution is -2.52. The second-order valence-electron chi connectivity index (χ2n) is 8.23. The molecular weight excluding hydrogens is 326 g/mol. The van der Waals surface area contributed by atoms with Gasteiger partial charge in [-0.15, -0.1) is 0 Å². The van der Waals surface area contributed by atoms with Crippen LogP contribution in [0, 0.1) is 5.41 Å². The van der Waals surface area contributed by atoms with Crippen LogP contribution in [-0.4, -0.2) is 75.0 Å². The first-order valence-electron chi connectivity index (χ1n) is 10.4. The predicted octanol–water partition coefficient (Wildman–Crippen LogP) is 2.06. The van der Waals surface area contributed by atoms with Crippen LogP contribution in [-0.2, 0) is 4.79 Å². The van der Waals surface area contributed by atoms with Gasteiger partial charge in [-0.25, -0.2) is 0 Å². The molecule has 1 amide bonds. The molecule has 0 aromatic heterocycles. The highest BCUT2D eigenvalue weighted by Gasteiger charge is 2.42. The van der Waals surface area contributed by atoms with Gasteiger partial charge in [-0.2, -0.15) is 0 Å². The van der Waals surface area contributed by atoms with Gasteiger partial charge in [0.15, 0.2) is 5.96 Å². The van der Waals surface area contributed by atoms with E-state index in [1.54, 1.807) is 4.90 Å². The smallest absolute Gasteiger partial charge is 0.230 e. The van der Waals surface area contributed by atoms with Gasteiger partial charge in [-0.3, -0.25) is 9.79 Å². The molecule has 1 aliphatic carbocycles. The van der Waals surface area contributed by atoms with Crippen LogP contribution in [0.4, 0.5) is 0 Å². The predicted molar refractivity (Wildman–Crippen MR) is 108 cm³/mol. The van der Waals surface area contributed by atoms with E-state index >= 15 is 0 Å². The molecule has 1 saturated carbocycles. The fourth-order valence-corrected chi connectivity index (χ4v) is 4.32. The van der Waals surface area contributed by atoms with E-state index in [4.69, 9.17) is 0 Å². The van der Waals surface area contributed by atoms with Crippen molar-refractivity contribution in [1.29, 1.82) is 0 Å². The number of nitrogens with zero attached hydrogens (tertiary/aromatic N) is 3. The standard InChI is InChI=1S/C20H39N5O/c1-5-6-13-25-14-9-17(10-15-25)23-19(21-2)22-16-20(11-7-8-12-20)18(26)24(3)4/h17H,5-16H2,1-4H3,(H2,21,22,23). The molecule has 0 bridgehead atoms. The average molecular weight is 366 g/mol. The molecule has 1 heterocycles. The minimum Gasteiger partial charge on any atom is -0.355 e. The van der Waals surface area contributed by atoms with Gasteiger partial charge >= 0.3 is 0 Å². The Morgan fingerprint density at radius 2 is 1.88 bits per heavy atom. The topological polar surface area (TPSA) is 60.0 Å². The number of carbonyl (C=O) groups is 1. The highest BCUT2D eigenvalue weighted by molar-refractivity contribution is 5.85. The summed E-state index contributed by atoms with van der Waals surface area (Å²) in [5.41, 5.74) is -0.259. The van der Waals surface area contributed by atoms with Crippen LogP contribution >= 0.6 is 0 Å². The lowest BCUT2D eigenvalue weighted by Gasteiger charge is -2.34. The molecular formula is C20H39N5O. The van der Waals surface area contributed by atoms with Gasteiger partial charge in [0.1, 0.15) is 0 Å². The van der Waals surface area contributed by atoms with E-state index in [2.05, 4.69) is 27.4 Å². The Balaban J connectivity index is 1.81. The van der Waals surface area contributed by atoms with Crippen molar-refractivity contribution < 1.29 is 4.79 Å². The molecule has 0 radical (unpaired) electrons. The molecule has 150 valence electrons. The van der Waals surface area contributed by atoms with Gasteiger partial charge in [-0.05, 0) is 38.6 Å². The van der Waals surface area contributed by atoms with Crippen LogP contribution in [0.3, 0.4) is 0 Å². The summed E-state index contributed by atoms with van der Waals surface area (Å²) in [7, 11) is 5.55. The second-order valence-corrected chi connectivity index (χ2v) is 8.23. The number of hydrogen-bond donors (Lipinski definition) is 2. The van der Waals surface area contributed by atoms with Crippen LogP contribution in [0.5, 0.6) is 0 Å². The number of rotatable bonds is 7. The molecule has 6 nitrogen and oxygen atoms in total. The number of aliphatic imine (C=N–C) groups is 1. The van der Waals surface area contributed by atoms with Crippen molar-refractivity contribution in [2.24, 2.45) is 10.4 Å². The van der Waals surface area contributed by atoms with E-state index in [9.17, 15) is 4.79 Å². The van der Waals surface area contributed by atoms with E-state index in [1.807, 2.05) is 21.1 Å². The number of likely N-dealkylation sites (tertiary alicyclic amines) is 1.